The average Bonchev–Trinajstić information content (AvgIpc) is 2.42. The van der Waals surface area contributed by atoms with Crippen LogP contribution in [0.1, 0.15) is 24.5 Å². The first-order chi connectivity index (χ1) is 8.42. The zero-order valence-electron chi connectivity index (χ0n) is 9.97. The van der Waals surface area contributed by atoms with Crippen molar-refractivity contribution in [2.75, 3.05) is 13.1 Å². The third-order valence-corrected chi connectivity index (χ3v) is 3.17. The van der Waals surface area contributed by atoms with E-state index in [1.807, 2.05) is 18.2 Å². The van der Waals surface area contributed by atoms with Crippen molar-refractivity contribution in [2.24, 2.45) is 5.92 Å². The van der Waals surface area contributed by atoms with E-state index in [9.17, 15) is 0 Å². The molecule has 1 atom stereocenters. The van der Waals surface area contributed by atoms with Crippen LogP contribution in [0.4, 0.5) is 0 Å². The van der Waals surface area contributed by atoms with Crippen molar-refractivity contribution in [1.82, 2.24) is 5.32 Å². The Kier molecular flexibility index (Phi) is 4.59. The number of rotatable bonds is 5. The predicted molar refractivity (Wildman–Crippen MR) is 67.1 cm³/mol. The lowest BCUT2D eigenvalue weighted by molar-refractivity contribution is -0.299. The Labute approximate surface area is 102 Å². The Hall–Kier alpha value is -1.32. The average molecular weight is 233 g/mol. The third kappa shape index (κ3) is 3.32. The molecule has 0 spiro atoms. The minimum Gasteiger partial charge on any atom is -0.345 e. The highest BCUT2D eigenvalue weighted by molar-refractivity contribution is 5.18. The van der Waals surface area contributed by atoms with Crippen LogP contribution < -0.4 is 5.32 Å². The van der Waals surface area contributed by atoms with E-state index in [1.54, 1.807) is 0 Å². The van der Waals surface area contributed by atoms with Crippen LogP contribution in [-0.2, 0) is 9.78 Å². The molecule has 0 amide bonds. The molecule has 3 heteroatoms. The third-order valence-electron chi connectivity index (χ3n) is 3.17. The fourth-order valence-electron chi connectivity index (χ4n) is 2.30. The topological polar surface area (TPSA) is 30.5 Å². The van der Waals surface area contributed by atoms with Gasteiger partial charge < -0.3 is 10.2 Å². The number of hydrogen-bond acceptors (Lipinski definition) is 3. The molecular weight excluding hydrogens is 214 g/mol. The second-order valence-electron chi connectivity index (χ2n) is 4.28. The number of benzene rings is 1. The van der Waals surface area contributed by atoms with Gasteiger partial charge in [0, 0.05) is 0 Å². The van der Waals surface area contributed by atoms with Gasteiger partial charge in [-0.25, -0.2) is 0 Å². The van der Waals surface area contributed by atoms with Crippen LogP contribution in [0.25, 0.3) is 0 Å². The molecule has 17 heavy (non-hydrogen) atoms. The largest absolute Gasteiger partial charge is 0.345 e. The number of hydrogen-bond donors (Lipinski definition) is 1. The zero-order valence-corrected chi connectivity index (χ0v) is 9.97. The smallest absolute Gasteiger partial charge is 0.132 e. The summed E-state index contributed by atoms with van der Waals surface area (Å²) in [5.74, 6) is 0.499. The van der Waals surface area contributed by atoms with Crippen molar-refractivity contribution in [1.29, 1.82) is 0 Å². The highest BCUT2D eigenvalue weighted by atomic mass is 17.2. The molecule has 0 saturated carbocycles. The second-order valence-corrected chi connectivity index (χ2v) is 4.28. The SMILES string of the molecule is C=COOC(c1ccccc1)C1CCNCC1. The maximum Gasteiger partial charge on any atom is 0.132 e. The van der Waals surface area contributed by atoms with Gasteiger partial charge in [-0.2, -0.15) is 4.89 Å². The molecule has 1 saturated heterocycles. The van der Waals surface area contributed by atoms with Crippen LogP contribution in [0.15, 0.2) is 43.2 Å². The molecule has 0 bridgehead atoms. The van der Waals surface area contributed by atoms with Gasteiger partial charge in [0.15, 0.2) is 0 Å². The van der Waals surface area contributed by atoms with Crippen molar-refractivity contribution >= 4 is 0 Å². The van der Waals surface area contributed by atoms with Gasteiger partial charge in [-0.1, -0.05) is 36.9 Å². The van der Waals surface area contributed by atoms with Gasteiger partial charge in [0.05, 0.1) is 0 Å². The lowest BCUT2D eigenvalue weighted by Crippen LogP contribution is -2.31. The molecule has 1 fully saturated rings. The molecule has 1 aliphatic rings. The van der Waals surface area contributed by atoms with E-state index in [-0.39, 0.29) is 6.10 Å². The first-order valence-electron chi connectivity index (χ1n) is 6.10. The molecule has 0 aliphatic carbocycles. The van der Waals surface area contributed by atoms with Gasteiger partial charge in [-0.05, 0) is 37.4 Å². The second kappa shape index (κ2) is 6.42. The van der Waals surface area contributed by atoms with Crippen molar-refractivity contribution in [3.63, 3.8) is 0 Å². The molecule has 0 radical (unpaired) electrons. The highest BCUT2D eigenvalue weighted by Crippen LogP contribution is 2.32. The van der Waals surface area contributed by atoms with Crippen LogP contribution in [-0.4, -0.2) is 13.1 Å². The van der Waals surface area contributed by atoms with Crippen molar-refractivity contribution in [2.45, 2.75) is 18.9 Å². The Bertz CT molecular complexity index is 333. The van der Waals surface area contributed by atoms with Crippen LogP contribution in [0.5, 0.6) is 0 Å². The summed E-state index contributed by atoms with van der Waals surface area (Å²) in [6.07, 6.45) is 3.55. The Balaban J connectivity index is 2.09. The first-order valence-corrected chi connectivity index (χ1v) is 6.10. The Morgan fingerprint density at radius 2 is 1.94 bits per heavy atom. The van der Waals surface area contributed by atoms with Crippen molar-refractivity contribution in [3.05, 3.63) is 48.7 Å². The summed E-state index contributed by atoms with van der Waals surface area (Å²) in [5.41, 5.74) is 1.17. The van der Waals surface area contributed by atoms with Crippen molar-refractivity contribution in [3.8, 4) is 0 Å². The molecule has 3 nitrogen and oxygen atoms in total. The quantitative estimate of drug-likeness (QED) is 0.482. The van der Waals surface area contributed by atoms with E-state index >= 15 is 0 Å². The summed E-state index contributed by atoms with van der Waals surface area (Å²) in [4.78, 5) is 10.4. The zero-order chi connectivity index (χ0) is 11.9. The molecule has 1 N–H and O–H groups in total. The van der Waals surface area contributed by atoms with E-state index in [0.29, 0.717) is 5.92 Å². The molecule has 1 unspecified atom stereocenters. The molecule has 0 aromatic heterocycles. The van der Waals surface area contributed by atoms with E-state index in [0.717, 1.165) is 25.9 Å². The molecule has 92 valence electrons. The normalized spacial score (nSPS) is 18.6. The van der Waals surface area contributed by atoms with E-state index in [1.165, 1.54) is 11.8 Å². The Morgan fingerprint density at radius 1 is 1.24 bits per heavy atom. The molecular formula is C14H19NO2. The van der Waals surface area contributed by atoms with Crippen LogP contribution in [0, 0.1) is 5.92 Å². The van der Waals surface area contributed by atoms with Gasteiger partial charge in [0.2, 0.25) is 0 Å². The van der Waals surface area contributed by atoms with Gasteiger partial charge >= 0.3 is 0 Å². The molecule has 1 aromatic rings. The summed E-state index contributed by atoms with van der Waals surface area (Å²) in [5, 5.41) is 3.36. The predicted octanol–water partition coefficient (Wildman–Crippen LogP) is 2.82. The van der Waals surface area contributed by atoms with Crippen molar-refractivity contribution < 1.29 is 9.78 Å². The molecule has 1 aromatic carbocycles. The van der Waals surface area contributed by atoms with E-state index in [4.69, 9.17) is 9.78 Å². The lowest BCUT2D eigenvalue weighted by atomic mass is 9.88. The summed E-state index contributed by atoms with van der Waals surface area (Å²) in [7, 11) is 0. The van der Waals surface area contributed by atoms with Crippen LogP contribution >= 0.6 is 0 Å². The Morgan fingerprint density at radius 3 is 2.59 bits per heavy atom. The van der Waals surface area contributed by atoms with Crippen LogP contribution in [0.3, 0.4) is 0 Å². The highest BCUT2D eigenvalue weighted by Gasteiger charge is 2.26. The maximum absolute atomic E-state index is 5.47. The summed E-state index contributed by atoms with van der Waals surface area (Å²) in [6.45, 7) is 5.61. The lowest BCUT2D eigenvalue weighted by Gasteiger charge is -2.29. The molecule has 2 rings (SSSR count). The number of nitrogens with one attached hydrogen (secondary N) is 1. The first kappa shape index (κ1) is 12.1. The fourth-order valence-corrected chi connectivity index (χ4v) is 2.30. The monoisotopic (exact) mass is 233 g/mol. The van der Waals surface area contributed by atoms with Crippen LogP contribution in [0.2, 0.25) is 0 Å². The summed E-state index contributed by atoms with van der Waals surface area (Å²) in [6, 6.07) is 10.2. The standard InChI is InChI=1S/C14H19NO2/c1-2-16-17-14(12-6-4-3-5-7-12)13-8-10-15-11-9-13/h2-7,13-15H,1,8-11H2. The summed E-state index contributed by atoms with van der Waals surface area (Å²) < 4.78 is 0. The van der Waals surface area contributed by atoms with Gasteiger partial charge in [0.1, 0.15) is 12.4 Å². The molecule has 1 heterocycles. The van der Waals surface area contributed by atoms with E-state index in [2.05, 4.69) is 24.0 Å². The maximum atomic E-state index is 5.47. The van der Waals surface area contributed by atoms with Gasteiger partial charge in [-0.3, -0.25) is 0 Å². The van der Waals surface area contributed by atoms with E-state index < -0.39 is 0 Å². The van der Waals surface area contributed by atoms with Gasteiger partial charge in [-0.15, -0.1) is 0 Å². The van der Waals surface area contributed by atoms with Gasteiger partial charge in [0.25, 0.3) is 0 Å². The minimum atomic E-state index is -0.00343. The fraction of sp³-hybridized carbons (Fsp3) is 0.429. The minimum absolute atomic E-state index is 0.00343. The number of piperidine rings is 1. The summed E-state index contributed by atoms with van der Waals surface area (Å²) >= 11 is 0. The molecule has 1 aliphatic heterocycles.